The van der Waals surface area contributed by atoms with Crippen molar-refractivity contribution in [2.75, 3.05) is 20.1 Å². The molecule has 0 aliphatic carbocycles. The molecule has 0 bridgehead atoms. The summed E-state index contributed by atoms with van der Waals surface area (Å²) < 4.78 is 39.9. The van der Waals surface area contributed by atoms with Gasteiger partial charge in [0, 0.05) is 26.7 Å². The Morgan fingerprint density at radius 2 is 1.78 bits per heavy atom. The second-order valence-electron chi connectivity index (χ2n) is 4.50. The predicted octanol–water partition coefficient (Wildman–Crippen LogP) is 1.60. The van der Waals surface area contributed by atoms with Crippen molar-refractivity contribution >= 4 is 10.2 Å². The average molecular weight is 272 g/mol. The van der Waals surface area contributed by atoms with Crippen LogP contribution in [0.5, 0.6) is 0 Å². The standard InChI is InChI=1S/C12H17FN2O2S/c1-14(10-11-4-6-12(13)7-5-11)18(16,17)15-8-2-3-9-15/h4-7H,2-3,8-10H2,1H3. The zero-order valence-electron chi connectivity index (χ0n) is 10.3. The first-order valence-electron chi connectivity index (χ1n) is 5.96. The Kier molecular flexibility index (Phi) is 3.99. The van der Waals surface area contributed by atoms with Crippen molar-refractivity contribution in [2.24, 2.45) is 0 Å². The smallest absolute Gasteiger partial charge is 0.207 e. The van der Waals surface area contributed by atoms with Crippen LogP contribution in [-0.2, 0) is 16.8 Å². The second kappa shape index (κ2) is 5.34. The van der Waals surface area contributed by atoms with E-state index in [4.69, 9.17) is 0 Å². The normalized spacial score (nSPS) is 17.5. The summed E-state index contributed by atoms with van der Waals surface area (Å²) >= 11 is 0. The van der Waals surface area contributed by atoms with Crippen LogP contribution < -0.4 is 0 Å². The van der Waals surface area contributed by atoms with Crippen molar-refractivity contribution in [3.05, 3.63) is 35.6 Å². The van der Waals surface area contributed by atoms with Crippen molar-refractivity contribution in [3.8, 4) is 0 Å². The highest BCUT2D eigenvalue weighted by Crippen LogP contribution is 2.17. The van der Waals surface area contributed by atoms with Gasteiger partial charge >= 0.3 is 0 Å². The van der Waals surface area contributed by atoms with E-state index in [1.54, 1.807) is 19.2 Å². The molecular formula is C12H17FN2O2S. The van der Waals surface area contributed by atoms with Crippen molar-refractivity contribution in [2.45, 2.75) is 19.4 Å². The summed E-state index contributed by atoms with van der Waals surface area (Å²) in [4.78, 5) is 0. The van der Waals surface area contributed by atoms with Gasteiger partial charge in [0.25, 0.3) is 10.2 Å². The molecule has 18 heavy (non-hydrogen) atoms. The van der Waals surface area contributed by atoms with Crippen LogP contribution in [-0.4, -0.2) is 37.2 Å². The summed E-state index contributed by atoms with van der Waals surface area (Å²) in [5.74, 6) is -0.316. The van der Waals surface area contributed by atoms with Gasteiger partial charge in [0.15, 0.2) is 0 Å². The highest BCUT2D eigenvalue weighted by atomic mass is 32.2. The summed E-state index contributed by atoms with van der Waals surface area (Å²) in [6.45, 7) is 1.45. The first kappa shape index (κ1) is 13.5. The molecule has 1 aliphatic heterocycles. The van der Waals surface area contributed by atoms with Crippen LogP contribution in [0.25, 0.3) is 0 Å². The first-order chi connectivity index (χ1) is 8.50. The minimum absolute atomic E-state index is 0.263. The van der Waals surface area contributed by atoms with Crippen LogP contribution >= 0.6 is 0 Å². The lowest BCUT2D eigenvalue weighted by atomic mass is 10.2. The van der Waals surface area contributed by atoms with E-state index in [1.807, 2.05) is 0 Å². The molecule has 0 radical (unpaired) electrons. The highest BCUT2D eigenvalue weighted by molar-refractivity contribution is 7.86. The maximum Gasteiger partial charge on any atom is 0.282 e. The molecule has 0 spiro atoms. The van der Waals surface area contributed by atoms with Gasteiger partial charge in [-0.3, -0.25) is 0 Å². The van der Waals surface area contributed by atoms with Gasteiger partial charge in [0.2, 0.25) is 0 Å². The molecule has 2 rings (SSSR count). The number of hydrogen-bond acceptors (Lipinski definition) is 2. The lowest BCUT2D eigenvalue weighted by molar-refractivity contribution is 0.392. The Balaban J connectivity index is 2.06. The number of nitrogens with zero attached hydrogens (tertiary/aromatic N) is 2. The number of halogens is 1. The molecule has 100 valence electrons. The fourth-order valence-corrected chi connectivity index (χ4v) is 3.47. The van der Waals surface area contributed by atoms with E-state index in [0.717, 1.165) is 18.4 Å². The third-order valence-electron chi connectivity index (χ3n) is 3.10. The fourth-order valence-electron chi connectivity index (χ4n) is 2.04. The predicted molar refractivity (Wildman–Crippen MR) is 67.6 cm³/mol. The molecule has 6 heteroatoms. The molecule has 1 aromatic carbocycles. The van der Waals surface area contributed by atoms with Crippen LogP contribution in [0.3, 0.4) is 0 Å². The van der Waals surface area contributed by atoms with E-state index in [9.17, 15) is 12.8 Å². The van der Waals surface area contributed by atoms with Gasteiger partial charge in [-0.15, -0.1) is 0 Å². The molecule has 1 fully saturated rings. The Labute approximate surface area is 107 Å². The fraction of sp³-hybridized carbons (Fsp3) is 0.500. The van der Waals surface area contributed by atoms with Crippen LogP contribution in [0.15, 0.2) is 24.3 Å². The van der Waals surface area contributed by atoms with Gasteiger partial charge < -0.3 is 0 Å². The minimum Gasteiger partial charge on any atom is -0.207 e. The first-order valence-corrected chi connectivity index (χ1v) is 7.36. The van der Waals surface area contributed by atoms with Crippen LogP contribution in [0.1, 0.15) is 18.4 Å². The SMILES string of the molecule is CN(Cc1ccc(F)cc1)S(=O)(=O)N1CCCC1. The van der Waals surface area contributed by atoms with Gasteiger partial charge in [-0.2, -0.15) is 17.0 Å². The van der Waals surface area contributed by atoms with E-state index >= 15 is 0 Å². The topological polar surface area (TPSA) is 40.6 Å². The van der Waals surface area contributed by atoms with Gasteiger partial charge in [-0.05, 0) is 30.5 Å². The number of benzene rings is 1. The Morgan fingerprint density at radius 1 is 1.22 bits per heavy atom. The molecule has 0 unspecified atom stereocenters. The zero-order chi connectivity index (χ0) is 13.2. The van der Waals surface area contributed by atoms with Gasteiger partial charge in [0.05, 0.1) is 0 Å². The van der Waals surface area contributed by atoms with Crippen molar-refractivity contribution < 1.29 is 12.8 Å². The van der Waals surface area contributed by atoms with Gasteiger partial charge in [-0.25, -0.2) is 4.39 Å². The largest absolute Gasteiger partial charge is 0.282 e. The summed E-state index contributed by atoms with van der Waals surface area (Å²) in [5, 5.41) is 0. The van der Waals surface area contributed by atoms with E-state index < -0.39 is 10.2 Å². The molecule has 0 amide bonds. The number of hydrogen-bond donors (Lipinski definition) is 0. The van der Waals surface area contributed by atoms with Crippen LogP contribution in [0.4, 0.5) is 4.39 Å². The lowest BCUT2D eigenvalue weighted by Gasteiger charge is -2.23. The third kappa shape index (κ3) is 2.88. The van der Waals surface area contributed by atoms with Gasteiger partial charge in [-0.1, -0.05) is 12.1 Å². The second-order valence-corrected chi connectivity index (χ2v) is 6.53. The molecule has 0 atom stereocenters. The Hall–Kier alpha value is -0.980. The monoisotopic (exact) mass is 272 g/mol. The minimum atomic E-state index is -3.37. The third-order valence-corrected chi connectivity index (χ3v) is 5.04. The summed E-state index contributed by atoms with van der Waals surface area (Å²) in [5.41, 5.74) is 0.779. The summed E-state index contributed by atoms with van der Waals surface area (Å²) in [7, 11) is -1.82. The number of rotatable bonds is 4. The van der Waals surface area contributed by atoms with E-state index in [1.165, 1.54) is 20.7 Å². The van der Waals surface area contributed by atoms with E-state index in [0.29, 0.717) is 13.1 Å². The average Bonchev–Trinajstić information content (AvgIpc) is 2.86. The summed E-state index contributed by atoms with van der Waals surface area (Å²) in [6, 6.07) is 5.88. The molecule has 4 nitrogen and oxygen atoms in total. The molecule has 0 N–H and O–H groups in total. The van der Waals surface area contributed by atoms with Gasteiger partial charge in [0.1, 0.15) is 5.82 Å². The zero-order valence-corrected chi connectivity index (χ0v) is 11.2. The van der Waals surface area contributed by atoms with E-state index in [2.05, 4.69) is 0 Å². The Morgan fingerprint density at radius 3 is 2.33 bits per heavy atom. The molecule has 1 aliphatic rings. The molecule has 0 saturated carbocycles. The molecule has 1 saturated heterocycles. The van der Waals surface area contributed by atoms with Crippen molar-refractivity contribution in [1.82, 2.24) is 8.61 Å². The quantitative estimate of drug-likeness (QED) is 0.835. The maximum atomic E-state index is 12.8. The maximum absolute atomic E-state index is 12.8. The van der Waals surface area contributed by atoms with E-state index in [-0.39, 0.29) is 12.4 Å². The van der Waals surface area contributed by atoms with Crippen LogP contribution in [0.2, 0.25) is 0 Å². The molecule has 1 heterocycles. The highest BCUT2D eigenvalue weighted by Gasteiger charge is 2.29. The summed E-state index contributed by atoms with van der Waals surface area (Å²) in [6.07, 6.45) is 1.84. The van der Waals surface area contributed by atoms with Crippen molar-refractivity contribution in [3.63, 3.8) is 0 Å². The lowest BCUT2D eigenvalue weighted by Crippen LogP contribution is -2.39. The van der Waals surface area contributed by atoms with Crippen molar-refractivity contribution in [1.29, 1.82) is 0 Å². The molecular weight excluding hydrogens is 255 g/mol. The molecule has 1 aromatic rings. The Bertz CT molecular complexity index is 495. The van der Waals surface area contributed by atoms with Crippen LogP contribution in [0, 0.1) is 5.82 Å². The molecule has 0 aromatic heterocycles.